The quantitative estimate of drug-likeness (QED) is 0.533. The molecule has 0 amide bonds. The van der Waals surface area contributed by atoms with E-state index in [1.807, 2.05) is 6.07 Å². The van der Waals surface area contributed by atoms with Gasteiger partial charge in [-0.25, -0.2) is 9.78 Å². The molecule has 0 aliphatic carbocycles. The third kappa shape index (κ3) is 2.77. The summed E-state index contributed by atoms with van der Waals surface area (Å²) < 4.78 is 7.50. The molecular weight excluding hydrogens is 470 g/mol. The maximum absolute atomic E-state index is 11.5. The summed E-state index contributed by atoms with van der Waals surface area (Å²) in [7, 11) is 0. The van der Waals surface area contributed by atoms with E-state index < -0.39 is 5.97 Å². The molecule has 1 aromatic carbocycles. The Morgan fingerprint density at radius 1 is 1.14 bits per heavy atom. The first-order valence-corrected chi connectivity index (χ1v) is 8.12. The third-order valence-corrected chi connectivity index (χ3v) is 4.38. The van der Waals surface area contributed by atoms with Gasteiger partial charge in [-0.05, 0) is 62.2 Å². The molecule has 7 heteroatoms. The zero-order chi connectivity index (χ0) is 15.1. The van der Waals surface area contributed by atoms with Crippen LogP contribution in [0.1, 0.15) is 10.4 Å². The van der Waals surface area contributed by atoms with Crippen molar-refractivity contribution in [2.75, 3.05) is 0 Å². The first kappa shape index (κ1) is 14.7. The maximum atomic E-state index is 11.5. The number of carbonyl (C=O) groups is 1. The third-order valence-electron chi connectivity index (χ3n) is 2.89. The van der Waals surface area contributed by atoms with Crippen LogP contribution in [0.3, 0.4) is 0 Å². The van der Waals surface area contributed by atoms with Crippen molar-refractivity contribution >= 4 is 64.7 Å². The zero-order valence-corrected chi connectivity index (χ0v) is 15.0. The predicted molar refractivity (Wildman–Crippen MR) is 89.5 cm³/mol. The number of rotatable bonds is 2. The molecule has 2 aromatic heterocycles. The number of aromatic nitrogens is 1. The van der Waals surface area contributed by atoms with Gasteiger partial charge in [0.1, 0.15) is 5.69 Å². The molecule has 0 unspecified atom stereocenters. The number of aromatic carboxylic acids is 1. The van der Waals surface area contributed by atoms with E-state index >= 15 is 0 Å². The van der Waals surface area contributed by atoms with Crippen molar-refractivity contribution in [3.05, 3.63) is 49.5 Å². The number of fused-ring (bicyclic) bond motifs is 1. The summed E-state index contributed by atoms with van der Waals surface area (Å²) in [5, 5.41) is 10.00. The lowest BCUT2D eigenvalue weighted by Gasteiger charge is -2.07. The van der Waals surface area contributed by atoms with Crippen molar-refractivity contribution in [1.82, 2.24) is 4.98 Å². The number of carboxylic acids is 1. The van der Waals surface area contributed by atoms with Gasteiger partial charge in [0, 0.05) is 14.3 Å². The molecule has 0 radical (unpaired) electrons. The van der Waals surface area contributed by atoms with E-state index in [0.29, 0.717) is 31.5 Å². The Hall–Kier alpha value is -1.18. The van der Waals surface area contributed by atoms with Gasteiger partial charge >= 0.3 is 5.97 Å². The maximum Gasteiger partial charge on any atom is 0.336 e. The monoisotopic (exact) mass is 473 g/mol. The molecule has 1 N–H and O–H groups in total. The van der Waals surface area contributed by atoms with Crippen LogP contribution >= 0.6 is 47.8 Å². The molecule has 0 saturated heterocycles. The Morgan fingerprint density at radius 2 is 1.90 bits per heavy atom. The summed E-state index contributed by atoms with van der Waals surface area (Å²) in [6.45, 7) is 0. The highest BCUT2D eigenvalue weighted by Crippen LogP contribution is 2.33. The van der Waals surface area contributed by atoms with Crippen molar-refractivity contribution in [3.8, 4) is 11.5 Å². The second kappa shape index (κ2) is 5.55. The SMILES string of the molecule is O=C(O)c1cc(-c2ccc(Br)o2)nc2c(Br)cc(Br)cc12. The second-order valence-corrected chi connectivity index (χ2v) is 6.80. The van der Waals surface area contributed by atoms with E-state index in [1.54, 1.807) is 18.2 Å². The standard InChI is InChI=1S/C14H6Br3NO3/c15-6-3-7-8(14(19)20)5-10(11-1-2-12(17)21-11)18-13(7)9(16)4-6/h1-5H,(H,19,20). The largest absolute Gasteiger partial charge is 0.478 e. The molecule has 0 aliphatic heterocycles. The summed E-state index contributed by atoms with van der Waals surface area (Å²) in [5.41, 5.74) is 1.21. The number of furan rings is 1. The van der Waals surface area contributed by atoms with Crippen molar-refractivity contribution in [2.45, 2.75) is 0 Å². The molecule has 0 aliphatic rings. The Kier molecular flexibility index (Phi) is 3.90. The van der Waals surface area contributed by atoms with Crippen LogP contribution in [0, 0.1) is 0 Å². The van der Waals surface area contributed by atoms with Gasteiger partial charge in [-0.15, -0.1) is 0 Å². The molecular formula is C14H6Br3NO3. The van der Waals surface area contributed by atoms with E-state index in [2.05, 4.69) is 52.8 Å². The molecule has 0 atom stereocenters. The molecule has 0 saturated carbocycles. The Bertz CT molecular complexity index is 873. The number of nitrogens with zero attached hydrogens (tertiary/aromatic N) is 1. The van der Waals surface area contributed by atoms with Crippen molar-refractivity contribution in [3.63, 3.8) is 0 Å². The average Bonchev–Trinajstić information content (AvgIpc) is 2.84. The van der Waals surface area contributed by atoms with Gasteiger partial charge in [0.15, 0.2) is 10.4 Å². The molecule has 2 heterocycles. The van der Waals surface area contributed by atoms with Gasteiger partial charge in [0.05, 0.1) is 11.1 Å². The minimum Gasteiger partial charge on any atom is -0.478 e. The Labute approximate surface area is 144 Å². The summed E-state index contributed by atoms with van der Waals surface area (Å²) in [6, 6.07) is 8.53. The fourth-order valence-electron chi connectivity index (χ4n) is 2.01. The van der Waals surface area contributed by atoms with Crippen LogP contribution < -0.4 is 0 Å². The molecule has 3 aromatic rings. The lowest BCUT2D eigenvalue weighted by molar-refractivity contribution is 0.0699. The van der Waals surface area contributed by atoms with Gasteiger partial charge in [-0.2, -0.15) is 0 Å². The zero-order valence-electron chi connectivity index (χ0n) is 10.2. The average molecular weight is 476 g/mol. The number of pyridine rings is 1. The summed E-state index contributed by atoms with van der Waals surface area (Å²) in [6.07, 6.45) is 0. The van der Waals surface area contributed by atoms with Gasteiger partial charge in [0.25, 0.3) is 0 Å². The first-order chi connectivity index (χ1) is 9.95. The molecule has 4 nitrogen and oxygen atoms in total. The summed E-state index contributed by atoms with van der Waals surface area (Å²) in [4.78, 5) is 16.0. The Balaban J connectivity index is 2.37. The van der Waals surface area contributed by atoms with Crippen LogP contribution in [0.2, 0.25) is 0 Å². The Morgan fingerprint density at radius 3 is 2.52 bits per heavy atom. The van der Waals surface area contributed by atoms with Crippen molar-refractivity contribution in [1.29, 1.82) is 0 Å². The molecule has 0 spiro atoms. The topological polar surface area (TPSA) is 63.3 Å². The van der Waals surface area contributed by atoms with E-state index in [0.717, 1.165) is 4.47 Å². The predicted octanol–water partition coefficient (Wildman–Crippen LogP) is 5.48. The normalized spacial score (nSPS) is 11.0. The van der Waals surface area contributed by atoms with Gasteiger partial charge in [0.2, 0.25) is 0 Å². The van der Waals surface area contributed by atoms with Crippen LogP contribution in [0.25, 0.3) is 22.4 Å². The molecule has 3 rings (SSSR count). The van der Waals surface area contributed by atoms with Crippen LogP contribution in [-0.4, -0.2) is 16.1 Å². The number of halogens is 3. The minimum absolute atomic E-state index is 0.171. The van der Waals surface area contributed by atoms with Gasteiger partial charge in [-0.3, -0.25) is 0 Å². The highest BCUT2D eigenvalue weighted by molar-refractivity contribution is 9.11. The number of hydrogen-bond acceptors (Lipinski definition) is 3. The van der Waals surface area contributed by atoms with E-state index in [9.17, 15) is 9.90 Å². The molecule has 0 fully saturated rings. The highest BCUT2D eigenvalue weighted by Gasteiger charge is 2.17. The van der Waals surface area contributed by atoms with Crippen LogP contribution in [0.4, 0.5) is 0 Å². The molecule has 106 valence electrons. The fourth-order valence-corrected chi connectivity index (χ4v) is 3.63. The fraction of sp³-hybridized carbons (Fsp3) is 0. The molecule has 21 heavy (non-hydrogen) atoms. The van der Waals surface area contributed by atoms with Crippen LogP contribution in [-0.2, 0) is 0 Å². The smallest absolute Gasteiger partial charge is 0.336 e. The lowest BCUT2D eigenvalue weighted by Crippen LogP contribution is -2.00. The summed E-state index contributed by atoms with van der Waals surface area (Å²) >= 11 is 10.00. The second-order valence-electron chi connectivity index (χ2n) is 4.25. The van der Waals surface area contributed by atoms with Crippen LogP contribution in [0.5, 0.6) is 0 Å². The number of benzene rings is 1. The first-order valence-electron chi connectivity index (χ1n) is 5.74. The number of hydrogen-bond donors (Lipinski definition) is 1. The minimum atomic E-state index is -1.01. The number of carboxylic acid groups (broad SMARTS) is 1. The van der Waals surface area contributed by atoms with E-state index in [-0.39, 0.29) is 5.56 Å². The molecule has 0 bridgehead atoms. The van der Waals surface area contributed by atoms with Crippen LogP contribution in [0.15, 0.2) is 48.4 Å². The van der Waals surface area contributed by atoms with E-state index in [4.69, 9.17) is 4.42 Å². The van der Waals surface area contributed by atoms with E-state index in [1.165, 1.54) is 6.07 Å². The van der Waals surface area contributed by atoms with Gasteiger partial charge in [-0.1, -0.05) is 15.9 Å². The lowest BCUT2D eigenvalue weighted by atomic mass is 10.1. The van der Waals surface area contributed by atoms with Crippen molar-refractivity contribution < 1.29 is 14.3 Å². The van der Waals surface area contributed by atoms with Gasteiger partial charge < -0.3 is 9.52 Å². The summed E-state index contributed by atoms with van der Waals surface area (Å²) in [5.74, 6) is -0.514. The highest BCUT2D eigenvalue weighted by atomic mass is 79.9. The van der Waals surface area contributed by atoms with Crippen molar-refractivity contribution in [2.24, 2.45) is 0 Å².